The highest BCUT2D eigenvalue weighted by molar-refractivity contribution is 7.92. The van der Waals surface area contributed by atoms with Gasteiger partial charge in [-0.05, 0) is 62.6 Å². The maximum Gasteiger partial charge on any atom is 0.264 e. The lowest BCUT2D eigenvalue weighted by molar-refractivity contribution is -0.140. The van der Waals surface area contributed by atoms with Gasteiger partial charge < -0.3 is 10.2 Å². The molecule has 0 aliphatic rings. The molecule has 0 bridgehead atoms. The van der Waals surface area contributed by atoms with Gasteiger partial charge in [0.1, 0.15) is 12.6 Å². The minimum atomic E-state index is -4.06. The molecule has 196 valence electrons. The molecule has 0 heterocycles. The van der Waals surface area contributed by atoms with E-state index in [1.54, 1.807) is 36.4 Å². The van der Waals surface area contributed by atoms with E-state index in [1.807, 2.05) is 58.0 Å². The molecule has 1 N–H and O–H groups in total. The van der Waals surface area contributed by atoms with Crippen molar-refractivity contribution in [3.63, 3.8) is 0 Å². The predicted octanol–water partition coefficient (Wildman–Crippen LogP) is 4.44. The van der Waals surface area contributed by atoms with Gasteiger partial charge in [-0.1, -0.05) is 67.1 Å². The predicted molar refractivity (Wildman–Crippen MR) is 147 cm³/mol. The fourth-order valence-corrected chi connectivity index (χ4v) is 5.68. The normalized spacial score (nSPS) is 12.0. The summed E-state index contributed by atoms with van der Waals surface area (Å²) < 4.78 is 28.6. The first-order valence-corrected chi connectivity index (χ1v) is 13.9. The van der Waals surface area contributed by atoms with Crippen LogP contribution in [0.1, 0.15) is 37.0 Å². The fourth-order valence-electron chi connectivity index (χ4n) is 4.25. The summed E-state index contributed by atoms with van der Waals surface area (Å²) >= 11 is 0. The summed E-state index contributed by atoms with van der Waals surface area (Å²) in [7, 11) is -4.06. The topological polar surface area (TPSA) is 86.8 Å². The van der Waals surface area contributed by atoms with E-state index in [0.29, 0.717) is 18.7 Å². The highest BCUT2D eigenvalue weighted by atomic mass is 32.2. The zero-order valence-electron chi connectivity index (χ0n) is 21.8. The average molecular weight is 522 g/mol. The third kappa shape index (κ3) is 6.98. The van der Waals surface area contributed by atoms with Gasteiger partial charge in [0, 0.05) is 13.1 Å². The molecule has 2 amide bonds. The minimum Gasteiger partial charge on any atom is -0.355 e. The van der Waals surface area contributed by atoms with E-state index >= 15 is 0 Å². The first-order chi connectivity index (χ1) is 17.7. The summed E-state index contributed by atoms with van der Waals surface area (Å²) in [6.45, 7) is 7.66. The Kier molecular flexibility index (Phi) is 9.47. The lowest BCUT2D eigenvalue weighted by Gasteiger charge is -2.33. The molecule has 0 radical (unpaired) electrons. The van der Waals surface area contributed by atoms with E-state index in [2.05, 4.69) is 5.32 Å². The standard InChI is InChI=1S/C29H35N3O4S/c1-5-27(29(34)30-6-2)31(20-24-14-10-12-22(3)18-24)28(33)21-32(25-15-11-13-23(4)19-25)37(35,36)26-16-8-7-9-17-26/h7-19,27H,5-6,20-21H2,1-4H3,(H,30,34)/t27-/m1/s1. The number of nitrogens with zero attached hydrogens (tertiary/aromatic N) is 2. The molecule has 3 aromatic carbocycles. The van der Waals surface area contributed by atoms with Gasteiger partial charge in [0.25, 0.3) is 10.0 Å². The molecule has 37 heavy (non-hydrogen) atoms. The summed E-state index contributed by atoms with van der Waals surface area (Å²) in [6, 6.07) is 22.1. The molecule has 3 aromatic rings. The number of carbonyl (C=O) groups is 2. The van der Waals surface area contributed by atoms with Crippen LogP contribution in [0.2, 0.25) is 0 Å². The molecule has 0 saturated heterocycles. The Balaban J connectivity index is 2.05. The first-order valence-electron chi connectivity index (χ1n) is 12.4. The maximum absolute atomic E-state index is 13.9. The summed E-state index contributed by atoms with van der Waals surface area (Å²) in [6.07, 6.45) is 0.388. The monoisotopic (exact) mass is 521 g/mol. The first kappa shape index (κ1) is 27.9. The zero-order chi connectivity index (χ0) is 27.0. The second-order valence-corrected chi connectivity index (χ2v) is 10.9. The molecule has 0 aliphatic heterocycles. The fraction of sp³-hybridized carbons (Fsp3) is 0.310. The van der Waals surface area contributed by atoms with Gasteiger partial charge >= 0.3 is 0 Å². The van der Waals surface area contributed by atoms with Gasteiger partial charge in [-0.25, -0.2) is 8.42 Å². The molecule has 0 aromatic heterocycles. The van der Waals surface area contributed by atoms with Gasteiger partial charge in [-0.3, -0.25) is 13.9 Å². The van der Waals surface area contributed by atoms with Crippen molar-refractivity contribution in [1.29, 1.82) is 0 Å². The van der Waals surface area contributed by atoms with E-state index in [4.69, 9.17) is 0 Å². The Labute approximate surface area is 220 Å². The summed E-state index contributed by atoms with van der Waals surface area (Å²) in [4.78, 5) is 28.5. The van der Waals surface area contributed by atoms with Gasteiger partial charge in [-0.2, -0.15) is 0 Å². The molecular formula is C29H35N3O4S. The maximum atomic E-state index is 13.9. The molecule has 0 fully saturated rings. The Hall–Kier alpha value is -3.65. The molecule has 0 aliphatic carbocycles. The van der Waals surface area contributed by atoms with Crippen molar-refractivity contribution in [1.82, 2.24) is 10.2 Å². The van der Waals surface area contributed by atoms with Gasteiger partial charge in [0.2, 0.25) is 11.8 Å². The quantitative estimate of drug-likeness (QED) is 0.404. The second-order valence-electron chi connectivity index (χ2n) is 8.99. The van der Waals surface area contributed by atoms with Crippen molar-refractivity contribution in [2.75, 3.05) is 17.4 Å². The number of likely N-dealkylation sites (N-methyl/N-ethyl adjacent to an activating group) is 1. The molecule has 0 unspecified atom stereocenters. The zero-order valence-corrected chi connectivity index (χ0v) is 22.7. The van der Waals surface area contributed by atoms with Crippen molar-refractivity contribution in [3.05, 3.63) is 95.6 Å². The number of benzene rings is 3. The van der Waals surface area contributed by atoms with Crippen molar-refractivity contribution < 1.29 is 18.0 Å². The molecule has 7 nitrogen and oxygen atoms in total. The Morgan fingerprint density at radius 2 is 1.51 bits per heavy atom. The number of hydrogen-bond donors (Lipinski definition) is 1. The van der Waals surface area contributed by atoms with E-state index in [-0.39, 0.29) is 17.3 Å². The van der Waals surface area contributed by atoms with Crippen LogP contribution in [0, 0.1) is 13.8 Å². The lowest BCUT2D eigenvalue weighted by atomic mass is 10.1. The van der Waals surface area contributed by atoms with Crippen LogP contribution in [0.4, 0.5) is 5.69 Å². The van der Waals surface area contributed by atoms with Crippen LogP contribution < -0.4 is 9.62 Å². The van der Waals surface area contributed by atoms with Crippen LogP contribution in [0.15, 0.2) is 83.8 Å². The van der Waals surface area contributed by atoms with Crippen molar-refractivity contribution >= 4 is 27.5 Å². The van der Waals surface area contributed by atoms with E-state index in [0.717, 1.165) is 21.0 Å². The van der Waals surface area contributed by atoms with Crippen LogP contribution in [0.5, 0.6) is 0 Å². The smallest absolute Gasteiger partial charge is 0.264 e. The number of anilines is 1. The second kappa shape index (κ2) is 12.5. The van der Waals surface area contributed by atoms with Gasteiger partial charge in [0.05, 0.1) is 10.6 Å². The van der Waals surface area contributed by atoms with E-state index in [1.165, 1.54) is 17.0 Å². The van der Waals surface area contributed by atoms with Crippen molar-refractivity contribution in [2.45, 2.75) is 51.6 Å². The number of rotatable bonds is 11. The van der Waals surface area contributed by atoms with Crippen LogP contribution >= 0.6 is 0 Å². The molecule has 0 saturated carbocycles. The average Bonchev–Trinajstić information content (AvgIpc) is 2.87. The number of nitrogens with one attached hydrogen (secondary N) is 1. The molecule has 1 atom stereocenters. The minimum absolute atomic E-state index is 0.0882. The Morgan fingerprint density at radius 1 is 0.865 bits per heavy atom. The lowest BCUT2D eigenvalue weighted by Crippen LogP contribution is -2.52. The number of carbonyl (C=O) groups excluding carboxylic acids is 2. The molecule has 0 spiro atoms. The molecule has 8 heteroatoms. The van der Waals surface area contributed by atoms with Crippen LogP contribution in [0.3, 0.4) is 0 Å². The summed E-state index contributed by atoms with van der Waals surface area (Å²) in [5.41, 5.74) is 3.15. The molecular weight excluding hydrogens is 486 g/mol. The third-order valence-electron chi connectivity index (χ3n) is 6.07. The van der Waals surface area contributed by atoms with Crippen molar-refractivity contribution in [3.8, 4) is 0 Å². The number of sulfonamides is 1. The summed E-state index contributed by atoms with van der Waals surface area (Å²) in [5.74, 6) is -0.723. The highest BCUT2D eigenvalue weighted by Gasteiger charge is 2.33. The highest BCUT2D eigenvalue weighted by Crippen LogP contribution is 2.25. The number of hydrogen-bond acceptors (Lipinski definition) is 4. The van der Waals surface area contributed by atoms with Crippen LogP contribution in [-0.4, -0.2) is 44.3 Å². The van der Waals surface area contributed by atoms with Crippen molar-refractivity contribution in [2.24, 2.45) is 0 Å². The van der Waals surface area contributed by atoms with Gasteiger partial charge in [0.15, 0.2) is 0 Å². The van der Waals surface area contributed by atoms with Crippen LogP contribution in [-0.2, 0) is 26.2 Å². The SMILES string of the molecule is CCNC(=O)[C@@H](CC)N(Cc1cccc(C)c1)C(=O)CN(c1cccc(C)c1)S(=O)(=O)c1ccccc1. The van der Waals surface area contributed by atoms with Crippen LogP contribution in [0.25, 0.3) is 0 Å². The Bertz CT molecular complexity index is 1330. The molecule has 3 rings (SSSR count). The van der Waals surface area contributed by atoms with E-state index < -0.39 is 28.5 Å². The largest absolute Gasteiger partial charge is 0.355 e. The van der Waals surface area contributed by atoms with E-state index in [9.17, 15) is 18.0 Å². The third-order valence-corrected chi connectivity index (χ3v) is 7.86. The summed E-state index contributed by atoms with van der Waals surface area (Å²) in [5, 5.41) is 2.81. The number of amides is 2. The number of aryl methyl sites for hydroxylation is 2. The Morgan fingerprint density at radius 3 is 2.11 bits per heavy atom. The van der Waals surface area contributed by atoms with Gasteiger partial charge in [-0.15, -0.1) is 0 Å².